The van der Waals surface area contributed by atoms with Crippen LogP contribution in [0.3, 0.4) is 0 Å². The molecule has 1 aromatic rings. The summed E-state index contributed by atoms with van der Waals surface area (Å²) >= 11 is 0. The van der Waals surface area contributed by atoms with E-state index in [1.54, 1.807) is 6.92 Å². The van der Waals surface area contributed by atoms with E-state index in [-0.39, 0.29) is 6.61 Å². The standard InChI is InChI=1S/C8H8N2O5/c1-2-15-8(12)6-5(10(13)14)3-4-9-7(6)11/h3-4H,2H2,1H3,(H,9,11). The summed E-state index contributed by atoms with van der Waals surface area (Å²) in [5.41, 5.74) is -1.97. The van der Waals surface area contributed by atoms with E-state index in [0.29, 0.717) is 0 Å². The molecule has 7 heteroatoms. The van der Waals surface area contributed by atoms with Crippen molar-refractivity contribution in [2.75, 3.05) is 6.61 Å². The third-order valence-corrected chi connectivity index (χ3v) is 1.62. The van der Waals surface area contributed by atoms with Crippen LogP contribution in [-0.2, 0) is 4.74 Å². The summed E-state index contributed by atoms with van der Waals surface area (Å²) in [6, 6.07) is 1.04. The molecule has 0 fully saturated rings. The van der Waals surface area contributed by atoms with E-state index < -0.39 is 27.7 Å². The summed E-state index contributed by atoms with van der Waals surface area (Å²) in [6.07, 6.45) is 1.10. The van der Waals surface area contributed by atoms with E-state index >= 15 is 0 Å². The van der Waals surface area contributed by atoms with E-state index in [1.165, 1.54) is 0 Å². The van der Waals surface area contributed by atoms with Gasteiger partial charge in [0.25, 0.3) is 11.2 Å². The Bertz CT molecular complexity index is 451. The Morgan fingerprint density at radius 2 is 2.33 bits per heavy atom. The zero-order valence-corrected chi connectivity index (χ0v) is 7.85. The summed E-state index contributed by atoms with van der Waals surface area (Å²) in [4.78, 5) is 34.3. The number of hydrogen-bond acceptors (Lipinski definition) is 5. The van der Waals surface area contributed by atoms with E-state index in [1.807, 2.05) is 0 Å². The van der Waals surface area contributed by atoms with Crippen molar-refractivity contribution in [1.29, 1.82) is 0 Å². The van der Waals surface area contributed by atoms with Crippen molar-refractivity contribution in [1.82, 2.24) is 4.98 Å². The number of carbonyl (C=O) groups is 1. The average Bonchev–Trinajstić information content (AvgIpc) is 2.17. The molecular weight excluding hydrogens is 204 g/mol. The molecule has 7 nitrogen and oxygen atoms in total. The molecular formula is C8H8N2O5. The van der Waals surface area contributed by atoms with Gasteiger partial charge in [0.15, 0.2) is 0 Å². The smallest absolute Gasteiger partial charge is 0.350 e. The van der Waals surface area contributed by atoms with Gasteiger partial charge in [-0.05, 0) is 6.92 Å². The lowest BCUT2D eigenvalue weighted by Crippen LogP contribution is -2.21. The van der Waals surface area contributed by atoms with E-state index in [4.69, 9.17) is 0 Å². The van der Waals surface area contributed by atoms with Crippen molar-refractivity contribution in [3.8, 4) is 0 Å². The Balaban J connectivity index is 3.31. The maximum absolute atomic E-state index is 11.2. The number of rotatable bonds is 3. The molecule has 0 spiro atoms. The zero-order chi connectivity index (χ0) is 11.4. The molecule has 1 heterocycles. The molecule has 1 rings (SSSR count). The van der Waals surface area contributed by atoms with Crippen LogP contribution in [0.2, 0.25) is 0 Å². The second kappa shape index (κ2) is 4.36. The fourth-order valence-corrected chi connectivity index (χ4v) is 1.02. The Morgan fingerprint density at radius 3 is 2.87 bits per heavy atom. The average molecular weight is 212 g/mol. The SMILES string of the molecule is CCOC(=O)c1c([N+](=O)[O-])cc[nH]c1=O. The molecule has 0 radical (unpaired) electrons. The van der Waals surface area contributed by atoms with Crippen molar-refractivity contribution in [2.24, 2.45) is 0 Å². The predicted molar refractivity (Wildman–Crippen MR) is 49.7 cm³/mol. The summed E-state index contributed by atoms with van der Waals surface area (Å²) < 4.78 is 4.54. The minimum absolute atomic E-state index is 0.0460. The largest absolute Gasteiger partial charge is 0.462 e. The van der Waals surface area contributed by atoms with Gasteiger partial charge < -0.3 is 9.72 Å². The first-order valence-corrected chi connectivity index (χ1v) is 4.11. The van der Waals surface area contributed by atoms with Crippen molar-refractivity contribution in [3.05, 3.63) is 38.3 Å². The summed E-state index contributed by atoms with van der Waals surface area (Å²) in [5.74, 6) is -0.994. The number of ether oxygens (including phenoxy) is 1. The third kappa shape index (κ3) is 2.19. The number of nitro groups is 1. The number of H-pyrrole nitrogens is 1. The Kier molecular flexibility index (Phi) is 3.17. The number of hydrogen-bond donors (Lipinski definition) is 1. The lowest BCUT2D eigenvalue weighted by atomic mass is 10.2. The van der Waals surface area contributed by atoms with E-state index in [0.717, 1.165) is 12.3 Å². The van der Waals surface area contributed by atoms with Gasteiger partial charge in [0.1, 0.15) is 0 Å². The van der Waals surface area contributed by atoms with Crippen LogP contribution >= 0.6 is 0 Å². The van der Waals surface area contributed by atoms with Crippen LogP contribution in [-0.4, -0.2) is 22.5 Å². The van der Waals surface area contributed by atoms with Crippen molar-refractivity contribution >= 4 is 11.7 Å². The summed E-state index contributed by atoms with van der Waals surface area (Å²) in [5, 5.41) is 10.5. The summed E-state index contributed by atoms with van der Waals surface area (Å²) in [6.45, 7) is 1.59. The monoisotopic (exact) mass is 212 g/mol. The van der Waals surface area contributed by atoms with Crippen LogP contribution < -0.4 is 5.56 Å². The normalized spacial score (nSPS) is 9.67. The highest BCUT2D eigenvalue weighted by Crippen LogP contribution is 2.13. The topological polar surface area (TPSA) is 102 Å². The molecule has 0 unspecified atom stereocenters. The predicted octanol–water partition coefficient (Wildman–Crippen LogP) is 0.460. The number of pyridine rings is 1. The molecule has 0 aliphatic carbocycles. The van der Waals surface area contributed by atoms with Gasteiger partial charge in [-0.1, -0.05) is 0 Å². The third-order valence-electron chi connectivity index (χ3n) is 1.62. The lowest BCUT2D eigenvalue weighted by molar-refractivity contribution is -0.385. The fraction of sp³-hybridized carbons (Fsp3) is 0.250. The van der Waals surface area contributed by atoms with Crippen molar-refractivity contribution in [3.63, 3.8) is 0 Å². The van der Waals surface area contributed by atoms with Gasteiger partial charge in [-0.2, -0.15) is 0 Å². The van der Waals surface area contributed by atoms with Gasteiger partial charge in [0.2, 0.25) is 5.56 Å². The Hall–Kier alpha value is -2.18. The number of carbonyl (C=O) groups excluding carboxylic acids is 1. The molecule has 0 atom stereocenters. The molecule has 80 valence electrons. The lowest BCUT2D eigenvalue weighted by Gasteiger charge is -2.00. The molecule has 1 aromatic heterocycles. The molecule has 0 aliphatic heterocycles. The number of esters is 1. The van der Waals surface area contributed by atoms with Gasteiger partial charge in [0, 0.05) is 12.3 Å². The maximum Gasteiger partial charge on any atom is 0.350 e. The minimum atomic E-state index is -0.994. The first-order chi connectivity index (χ1) is 7.07. The highest BCUT2D eigenvalue weighted by molar-refractivity contribution is 5.93. The zero-order valence-electron chi connectivity index (χ0n) is 7.85. The van der Waals surface area contributed by atoms with Crippen molar-refractivity contribution < 1.29 is 14.5 Å². The van der Waals surface area contributed by atoms with Gasteiger partial charge in [-0.15, -0.1) is 0 Å². The Morgan fingerprint density at radius 1 is 1.67 bits per heavy atom. The molecule has 0 amide bonds. The van der Waals surface area contributed by atoms with E-state index in [9.17, 15) is 19.7 Å². The van der Waals surface area contributed by atoms with Crippen molar-refractivity contribution in [2.45, 2.75) is 6.92 Å². The first-order valence-electron chi connectivity index (χ1n) is 4.11. The van der Waals surface area contributed by atoms with E-state index in [2.05, 4.69) is 9.72 Å². The van der Waals surface area contributed by atoms with Crippen LogP contribution in [0.5, 0.6) is 0 Å². The second-order valence-corrected chi connectivity index (χ2v) is 2.54. The van der Waals surface area contributed by atoms with Gasteiger partial charge in [0.05, 0.1) is 11.5 Å². The van der Waals surface area contributed by atoms with Gasteiger partial charge in [-0.3, -0.25) is 14.9 Å². The van der Waals surface area contributed by atoms with Crippen LogP contribution in [0.4, 0.5) is 5.69 Å². The number of nitrogens with one attached hydrogen (secondary N) is 1. The molecule has 0 aliphatic rings. The second-order valence-electron chi connectivity index (χ2n) is 2.54. The van der Waals surface area contributed by atoms with Crippen LogP contribution in [0.1, 0.15) is 17.3 Å². The minimum Gasteiger partial charge on any atom is -0.462 e. The molecule has 0 bridgehead atoms. The van der Waals surface area contributed by atoms with Gasteiger partial charge in [-0.25, -0.2) is 4.79 Å². The highest BCUT2D eigenvalue weighted by Gasteiger charge is 2.24. The number of aromatic nitrogens is 1. The molecule has 0 saturated carbocycles. The molecule has 15 heavy (non-hydrogen) atoms. The number of aromatic amines is 1. The van der Waals surface area contributed by atoms with Crippen LogP contribution in [0.25, 0.3) is 0 Å². The number of nitrogens with zero attached hydrogens (tertiary/aromatic N) is 1. The van der Waals surface area contributed by atoms with Crippen LogP contribution in [0, 0.1) is 10.1 Å². The Labute approximate surface area is 83.8 Å². The highest BCUT2D eigenvalue weighted by atomic mass is 16.6. The van der Waals surface area contributed by atoms with Crippen LogP contribution in [0.15, 0.2) is 17.1 Å². The quantitative estimate of drug-likeness (QED) is 0.445. The molecule has 0 aromatic carbocycles. The van der Waals surface area contributed by atoms with Gasteiger partial charge >= 0.3 is 5.97 Å². The first kappa shape index (κ1) is 10.9. The molecule has 0 saturated heterocycles. The summed E-state index contributed by atoms with van der Waals surface area (Å²) in [7, 11) is 0. The maximum atomic E-state index is 11.2. The molecule has 1 N–H and O–H groups in total. The fourth-order valence-electron chi connectivity index (χ4n) is 1.02.